The maximum atomic E-state index is 13.9. The minimum Gasteiger partial charge on any atom is -0.372 e. The van der Waals surface area contributed by atoms with Crippen molar-refractivity contribution < 1.29 is 13.5 Å². The van der Waals surface area contributed by atoms with Gasteiger partial charge in [-0.15, -0.1) is 0 Å². The van der Waals surface area contributed by atoms with Crippen molar-refractivity contribution in [1.29, 1.82) is 0 Å². The van der Waals surface area contributed by atoms with Crippen LogP contribution in [0.25, 0.3) is 0 Å². The molecule has 0 radical (unpaired) electrons. The Balaban J connectivity index is 1.66. The molecular weight excluding hydrogens is 392 g/mol. The number of benzene rings is 3. The fourth-order valence-corrected chi connectivity index (χ4v) is 3.97. The van der Waals surface area contributed by atoms with Crippen LogP contribution in [0, 0.1) is 25.5 Å². The molecule has 0 fully saturated rings. The molecule has 0 amide bonds. The largest absolute Gasteiger partial charge is 0.372 e. The average Bonchev–Trinajstić information content (AvgIpc) is 2.76. The lowest BCUT2D eigenvalue weighted by Gasteiger charge is -2.25. The third-order valence-corrected chi connectivity index (χ3v) is 5.72. The van der Waals surface area contributed by atoms with Crippen molar-refractivity contribution in [2.24, 2.45) is 0 Å². The van der Waals surface area contributed by atoms with Crippen LogP contribution in [0.4, 0.5) is 8.78 Å². The average molecular weight is 424 g/mol. The third kappa shape index (κ3) is 6.22. The van der Waals surface area contributed by atoms with Gasteiger partial charge in [0.1, 0.15) is 11.6 Å². The van der Waals surface area contributed by atoms with Crippen molar-refractivity contribution in [3.05, 3.63) is 106 Å². The van der Waals surface area contributed by atoms with E-state index in [9.17, 15) is 8.78 Å². The lowest BCUT2D eigenvalue weighted by molar-refractivity contribution is 0.0484. The lowest BCUT2D eigenvalue weighted by Crippen LogP contribution is -2.27. The number of hydrogen-bond donors (Lipinski definition) is 1. The molecule has 3 aromatic carbocycles. The van der Waals surface area contributed by atoms with Crippen LogP contribution in [0.15, 0.2) is 66.7 Å². The number of ether oxygens (including phenoxy) is 1. The first-order valence-corrected chi connectivity index (χ1v) is 10.9. The Hall–Kier alpha value is -2.56. The van der Waals surface area contributed by atoms with E-state index in [1.54, 1.807) is 0 Å². The Morgan fingerprint density at radius 3 is 2.10 bits per heavy atom. The summed E-state index contributed by atoms with van der Waals surface area (Å²) in [4.78, 5) is 0. The first kappa shape index (κ1) is 23.1. The van der Waals surface area contributed by atoms with Crippen LogP contribution in [-0.4, -0.2) is 13.2 Å². The maximum Gasteiger partial charge on any atom is 0.129 e. The van der Waals surface area contributed by atoms with Gasteiger partial charge >= 0.3 is 0 Å². The second kappa shape index (κ2) is 11.2. The molecule has 0 aliphatic rings. The van der Waals surface area contributed by atoms with Crippen molar-refractivity contribution in [2.75, 3.05) is 13.2 Å². The van der Waals surface area contributed by atoms with Gasteiger partial charge in [0.25, 0.3) is 0 Å². The highest BCUT2D eigenvalue weighted by Gasteiger charge is 2.18. The molecule has 0 aliphatic heterocycles. The molecule has 0 bridgehead atoms. The minimum atomic E-state index is -0.496. The predicted octanol–water partition coefficient (Wildman–Crippen LogP) is 6.62. The molecule has 0 spiro atoms. The summed E-state index contributed by atoms with van der Waals surface area (Å²) < 4.78 is 34.0. The molecule has 31 heavy (non-hydrogen) atoms. The zero-order chi connectivity index (χ0) is 22.2. The Bertz CT molecular complexity index is 934. The molecule has 0 aliphatic carbocycles. The quantitative estimate of drug-likeness (QED) is 0.370. The normalized spacial score (nSPS) is 13.2. The minimum absolute atomic E-state index is 0.130. The molecule has 0 saturated carbocycles. The summed E-state index contributed by atoms with van der Waals surface area (Å²) in [5.41, 5.74) is 4.88. The van der Waals surface area contributed by atoms with Crippen molar-refractivity contribution in [3.63, 3.8) is 0 Å². The molecule has 164 valence electrons. The van der Waals surface area contributed by atoms with E-state index in [0.29, 0.717) is 26.0 Å². The van der Waals surface area contributed by atoms with Gasteiger partial charge < -0.3 is 10.1 Å². The van der Waals surface area contributed by atoms with Gasteiger partial charge in [-0.3, -0.25) is 0 Å². The van der Waals surface area contributed by atoms with Crippen molar-refractivity contribution in [3.8, 4) is 0 Å². The van der Waals surface area contributed by atoms with E-state index in [1.165, 1.54) is 40.5 Å². The second-order valence-electron chi connectivity index (χ2n) is 8.01. The Morgan fingerprint density at radius 2 is 1.45 bits per heavy atom. The van der Waals surface area contributed by atoms with Crippen molar-refractivity contribution in [1.82, 2.24) is 5.32 Å². The maximum absolute atomic E-state index is 13.9. The number of hydrogen-bond acceptors (Lipinski definition) is 2. The number of nitrogens with one attached hydrogen (secondary N) is 1. The number of halogens is 2. The fourth-order valence-electron chi connectivity index (χ4n) is 3.97. The molecule has 0 aromatic heterocycles. The van der Waals surface area contributed by atoms with Crippen LogP contribution in [0.1, 0.15) is 53.3 Å². The summed E-state index contributed by atoms with van der Waals surface area (Å²) in [5, 5.41) is 3.58. The third-order valence-electron chi connectivity index (χ3n) is 5.72. The van der Waals surface area contributed by atoms with Crippen LogP contribution < -0.4 is 5.32 Å². The molecule has 1 N–H and O–H groups in total. The van der Waals surface area contributed by atoms with Crippen LogP contribution >= 0.6 is 0 Å². The van der Waals surface area contributed by atoms with E-state index in [2.05, 4.69) is 50.4 Å². The number of rotatable bonds is 10. The molecule has 2 nitrogen and oxygen atoms in total. The van der Waals surface area contributed by atoms with Gasteiger partial charge in [0.05, 0.1) is 6.10 Å². The van der Waals surface area contributed by atoms with E-state index in [-0.39, 0.29) is 17.7 Å². The molecule has 3 rings (SSSR count). The van der Waals surface area contributed by atoms with Crippen molar-refractivity contribution >= 4 is 0 Å². The zero-order valence-corrected chi connectivity index (χ0v) is 18.5. The van der Waals surface area contributed by atoms with E-state index in [0.717, 1.165) is 0 Å². The molecule has 3 aromatic rings. The monoisotopic (exact) mass is 423 g/mol. The summed E-state index contributed by atoms with van der Waals surface area (Å²) in [6.07, 6.45) is 0.720. The Morgan fingerprint density at radius 1 is 0.839 bits per heavy atom. The van der Waals surface area contributed by atoms with Gasteiger partial charge in [-0.2, -0.15) is 0 Å². The van der Waals surface area contributed by atoms with Crippen molar-refractivity contribution in [2.45, 2.75) is 45.8 Å². The molecular formula is C27H31F2NO. The van der Waals surface area contributed by atoms with Gasteiger partial charge in [-0.25, -0.2) is 8.78 Å². The van der Waals surface area contributed by atoms with E-state index < -0.39 is 11.6 Å². The van der Waals surface area contributed by atoms with Gasteiger partial charge in [0, 0.05) is 24.8 Å². The van der Waals surface area contributed by atoms with E-state index in [4.69, 9.17) is 4.74 Å². The topological polar surface area (TPSA) is 21.3 Å². The molecule has 2 unspecified atom stereocenters. The molecule has 0 heterocycles. The summed E-state index contributed by atoms with van der Waals surface area (Å²) in [5.74, 6) is -0.991. The zero-order valence-electron chi connectivity index (χ0n) is 18.5. The number of aryl methyl sites for hydroxylation is 2. The Labute approximate surface area is 184 Å². The molecule has 0 saturated heterocycles. The lowest BCUT2D eigenvalue weighted by atomic mass is 9.97. The van der Waals surface area contributed by atoms with E-state index >= 15 is 0 Å². The fraction of sp³-hybridized carbons (Fsp3) is 0.333. The second-order valence-corrected chi connectivity index (χ2v) is 8.01. The van der Waals surface area contributed by atoms with E-state index in [1.807, 2.05) is 24.3 Å². The van der Waals surface area contributed by atoms with Crippen LogP contribution in [0.3, 0.4) is 0 Å². The smallest absolute Gasteiger partial charge is 0.129 e. The van der Waals surface area contributed by atoms with Gasteiger partial charge in [0.15, 0.2) is 0 Å². The summed E-state index contributed by atoms with van der Waals surface area (Å²) >= 11 is 0. The standard InChI is InChI=1S/C27H31F2NO/c1-19-10-7-11-20(2)27(19)26(18-30-21(3)22-12-5-4-6-13-22)31-17-9-14-23-24(28)15-8-16-25(23)29/h4-8,10-13,15-16,21,26,30H,9,14,17-18H2,1-3H3. The van der Waals surface area contributed by atoms with Gasteiger partial charge in [-0.1, -0.05) is 54.6 Å². The van der Waals surface area contributed by atoms with Gasteiger partial charge in [0.2, 0.25) is 0 Å². The predicted molar refractivity (Wildman–Crippen MR) is 122 cm³/mol. The first-order chi connectivity index (χ1) is 15.0. The highest BCUT2D eigenvalue weighted by atomic mass is 19.1. The Kier molecular flexibility index (Phi) is 8.33. The highest BCUT2D eigenvalue weighted by Crippen LogP contribution is 2.26. The SMILES string of the molecule is Cc1cccc(C)c1C(CNC(C)c1ccccc1)OCCCc1c(F)cccc1F. The van der Waals surface area contributed by atoms with Crippen LogP contribution in [0.2, 0.25) is 0 Å². The van der Waals surface area contributed by atoms with Crippen LogP contribution in [-0.2, 0) is 11.2 Å². The summed E-state index contributed by atoms with van der Waals surface area (Å²) in [6.45, 7) is 7.39. The summed E-state index contributed by atoms with van der Waals surface area (Å²) in [7, 11) is 0. The van der Waals surface area contributed by atoms with Gasteiger partial charge in [-0.05, 0) is 68.0 Å². The summed E-state index contributed by atoms with van der Waals surface area (Å²) in [6, 6.07) is 20.7. The van der Waals surface area contributed by atoms with Crippen LogP contribution in [0.5, 0.6) is 0 Å². The highest BCUT2D eigenvalue weighted by molar-refractivity contribution is 5.35. The first-order valence-electron chi connectivity index (χ1n) is 10.9. The molecule has 4 heteroatoms. The molecule has 2 atom stereocenters.